The van der Waals surface area contributed by atoms with Gasteiger partial charge in [0.05, 0.1) is 5.02 Å². The maximum absolute atomic E-state index is 10.7. The average molecular weight is 235 g/mol. The third-order valence-corrected chi connectivity index (χ3v) is 1.94. The standard InChI is InChI=1S/C8H8Cl2N2O2/c9-5-1-2-7(6(10)3-5)14-4-8(13)12-11/h1-3H,4,11H2,(H,12,13). The molecule has 0 heterocycles. The fourth-order valence-corrected chi connectivity index (χ4v) is 1.24. The number of halogens is 2. The first-order valence-electron chi connectivity index (χ1n) is 3.71. The maximum Gasteiger partial charge on any atom is 0.271 e. The van der Waals surface area contributed by atoms with Crippen LogP contribution in [-0.4, -0.2) is 12.5 Å². The van der Waals surface area contributed by atoms with E-state index in [0.717, 1.165) is 0 Å². The van der Waals surface area contributed by atoms with Gasteiger partial charge in [-0.1, -0.05) is 23.2 Å². The monoisotopic (exact) mass is 234 g/mol. The molecule has 1 amide bonds. The van der Waals surface area contributed by atoms with Gasteiger partial charge in [0.25, 0.3) is 5.91 Å². The molecule has 0 saturated carbocycles. The normalized spacial score (nSPS) is 9.64. The van der Waals surface area contributed by atoms with Crippen molar-refractivity contribution in [3.63, 3.8) is 0 Å². The summed E-state index contributed by atoms with van der Waals surface area (Å²) in [6.45, 7) is -0.183. The SMILES string of the molecule is NNC(=O)COc1ccc(Cl)cc1Cl. The lowest BCUT2D eigenvalue weighted by atomic mass is 10.3. The van der Waals surface area contributed by atoms with Crippen LogP contribution in [0.25, 0.3) is 0 Å². The summed E-state index contributed by atoms with van der Waals surface area (Å²) in [7, 11) is 0. The first kappa shape index (κ1) is 11.1. The highest BCUT2D eigenvalue weighted by Gasteiger charge is 2.04. The molecule has 0 radical (unpaired) electrons. The second-order valence-electron chi connectivity index (χ2n) is 2.43. The van der Waals surface area contributed by atoms with E-state index in [1.807, 2.05) is 5.43 Å². The Balaban J connectivity index is 2.63. The summed E-state index contributed by atoms with van der Waals surface area (Å²) in [6.07, 6.45) is 0. The van der Waals surface area contributed by atoms with Crippen LogP contribution in [0.3, 0.4) is 0 Å². The van der Waals surface area contributed by atoms with Crippen LogP contribution in [-0.2, 0) is 4.79 Å². The third kappa shape index (κ3) is 3.06. The molecule has 1 aromatic rings. The number of carbonyl (C=O) groups is 1. The average Bonchev–Trinajstić information content (AvgIpc) is 2.16. The summed E-state index contributed by atoms with van der Waals surface area (Å²) in [4.78, 5) is 10.7. The van der Waals surface area contributed by atoms with E-state index in [0.29, 0.717) is 15.8 Å². The molecule has 0 aromatic heterocycles. The Morgan fingerprint density at radius 2 is 2.21 bits per heavy atom. The van der Waals surface area contributed by atoms with E-state index < -0.39 is 5.91 Å². The molecule has 0 aliphatic heterocycles. The van der Waals surface area contributed by atoms with E-state index in [1.54, 1.807) is 12.1 Å². The van der Waals surface area contributed by atoms with Crippen LogP contribution in [0.1, 0.15) is 0 Å². The molecule has 14 heavy (non-hydrogen) atoms. The van der Waals surface area contributed by atoms with Crippen LogP contribution in [0.4, 0.5) is 0 Å². The van der Waals surface area contributed by atoms with E-state index in [9.17, 15) is 4.79 Å². The molecule has 0 unspecified atom stereocenters. The van der Waals surface area contributed by atoms with Crippen molar-refractivity contribution in [1.29, 1.82) is 0 Å². The molecular formula is C8H8Cl2N2O2. The number of carbonyl (C=O) groups excluding carboxylic acids is 1. The number of hydrogen-bond acceptors (Lipinski definition) is 3. The summed E-state index contributed by atoms with van der Waals surface area (Å²) in [5.74, 6) is 4.82. The lowest BCUT2D eigenvalue weighted by Crippen LogP contribution is -2.34. The van der Waals surface area contributed by atoms with Gasteiger partial charge in [-0.25, -0.2) is 5.84 Å². The van der Waals surface area contributed by atoms with Gasteiger partial charge in [-0.3, -0.25) is 10.2 Å². The molecular weight excluding hydrogens is 227 g/mol. The van der Waals surface area contributed by atoms with Gasteiger partial charge in [0.2, 0.25) is 0 Å². The molecule has 3 N–H and O–H groups in total. The Hall–Kier alpha value is -0.970. The van der Waals surface area contributed by atoms with Gasteiger partial charge in [0, 0.05) is 5.02 Å². The van der Waals surface area contributed by atoms with Crippen molar-refractivity contribution in [2.24, 2.45) is 5.84 Å². The number of rotatable bonds is 3. The van der Waals surface area contributed by atoms with Gasteiger partial charge in [-0.15, -0.1) is 0 Å². The lowest BCUT2D eigenvalue weighted by Gasteiger charge is -2.06. The Kier molecular flexibility index (Phi) is 4.00. The quantitative estimate of drug-likeness (QED) is 0.472. The van der Waals surface area contributed by atoms with Gasteiger partial charge in [-0.2, -0.15) is 0 Å². The van der Waals surface area contributed by atoms with Crippen molar-refractivity contribution < 1.29 is 9.53 Å². The Morgan fingerprint density at radius 1 is 1.50 bits per heavy atom. The largest absolute Gasteiger partial charge is 0.482 e. The minimum atomic E-state index is -0.434. The second-order valence-corrected chi connectivity index (χ2v) is 3.27. The van der Waals surface area contributed by atoms with Crippen LogP contribution in [0.15, 0.2) is 18.2 Å². The molecule has 0 aliphatic carbocycles. The van der Waals surface area contributed by atoms with Crippen molar-refractivity contribution in [2.45, 2.75) is 0 Å². The summed E-state index contributed by atoms with van der Waals surface area (Å²) in [5, 5.41) is 0.855. The van der Waals surface area contributed by atoms with Crippen LogP contribution >= 0.6 is 23.2 Å². The van der Waals surface area contributed by atoms with E-state index in [-0.39, 0.29) is 6.61 Å². The minimum absolute atomic E-state index is 0.183. The smallest absolute Gasteiger partial charge is 0.271 e. The topological polar surface area (TPSA) is 64.3 Å². The van der Waals surface area contributed by atoms with Crippen molar-refractivity contribution >= 4 is 29.1 Å². The Labute approximate surface area is 90.9 Å². The molecule has 0 fully saturated rings. The molecule has 1 aromatic carbocycles. The zero-order valence-electron chi connectivity index (χ0n) is 7.09. The Morgan fingerprint density at radius 3 is 2.79 bits per heavy atom. The van der Waals surface area contributed by atoms with Gasteiger partial charge < -0.3 is 4.74 Å². The molecule has 0 aliphatic rings. The van der Waals surface area contributed by atoms with E-state index >= 15 is 0 Å². The highest BCUT2D eigenvalue weighted by molar-refractivity contribution is 6.35. The van der Waals surface area contributed by atoms with Crippen molar-refractivity contribution in [3.05, 3.63) is 28.2 Å². The highest BCUT2D eigenvalue weighted by Crippen LogP contribution is 2.27. The maximum atomic E-state index is 10.7. The second kappa shape index (κ2) is 5.05. The zero-order valence-corrected chi connectivity index (χ0v) is 8.60. The molecule has 0 spiro atoms. The Bertz CT molecular complexity index is 344. The van der Waals surface area contributed by atoms with Gasteiger partial charge in [0.15, 0.2) is 6.61 Å². The number of nitrogens with one attached hydrogen (secondary N) is 1. The first-order valence-corrected chi connectivity index (χ1v) is 4.46. The van der Waals surface area contributed by atoms with Gasteiger partial charge in [-0.05, 0) is 18.2 Å². The van der Waals surface area contributed by atoms with Crippen LogP contribution in [0.2, 0.25) is 10.0 Å². The number of hydrazine groups is 1. The lowest BCUT2D eigenvalue weighted by molar-refractivity contribution is -0.123. The zero-order chi connectivity index (χ0) is 10.6. The predicted octanol–water partition coefficient (Wildman–Crippen LogP) is 1.36. The predicted molar refractivity (Wildman–Crippen MR) is 54.3 cm³/mol. The number of hydrogen-bond donors (Lipinski definition) is 2. The van der Waals surface area contributed by atoms with E-state index in [4.69, 9.17) is 33.8 Å². The van der Waals surface area contributed by atoms with Crippen molar-refractivity contribution in [2.75, 3.05) is 6.61 Å². The van der Waals surface area contributed by atoms with Crippen LogP contribution in [0.5, 0.6) is 5.75 Å². The van der Waals surface area contributed by atoms with Gasteiger partial charge in [0.1, 0.15) is 5.75 Å². The fourth-order valence-electron chi connectivity index (χ4n) is 0.777. The number of amides is 1. The molecule has 4 nitrogen and oxygen atoms in total. The minimum Gasteiger partial charge on any atom is -0.482 e. The first-order chi connectivity index (χ1) is 6.63. The number of benzene rings is 1. The van der Waals surface area contributed by atoms with Crippen molar-refractivity contribution in [1.82, 2.24) is 5.43 Å². The highest BCUT2D eigenvalue weighted by atomic mass is 35.5. The molecule has 1 rings (SSSR count). The molecule has 0 saturated heterocycles. The van der Waals surface area contributed by atoms with E-state index in [1.165, 1.54) is 6.07 Å². The van der Waals surface area contributed by atoms with Crippen molar-refractivity contribution in [3.8, 4) is 5.75 Å². The third-order valence-electron chi connectivity index (χ3n) is 1.41. The summed E-state index contributed by atoms with van der Waals surface area (Å²) in [5.41, 5.74) is 1.93. The molecule has 76 valence electrons. The van der Waals surface area contributed by atoms with Crippen LogP contribution < -0.4 is 16.0 Å². The van der Waals surface area contributed by atoms with Gasteiger partial charge >= 0.3 is 0 Å². The number of nitrogens with two attached hydrogens (primary N) is 1. The molecule has 6 heteroatoms. The summed E-state index contributed by atoms with van der Waals surface area (Å²) < 4.78 is 5.06. The fraction of sp³-hybridized carbons (Fsp3) is 0.125. The van der Waals surface area contributed by atoms with Crippen LogP contribution in [0, 0.1) is 0 Å². The van der Waals surface area contributed by atoms with E-state index in [2.05, 4.69) is 0 Å². The number of ether oxygens (including phenoxy) is 1. The summed E-state index contributed by atoms with van der Waals surface area (Å²) >= 11 is 11.5. The summed E-state index contributed by atoms with van der Waals surface area (Å²) in [6, 6.07) is 4.72. The molecule has 0 bridgehead atoms. The molecule has 0 atom stereocenters.